The average Bonchev–Trinajstić information content (AvgIpc) is 2.78. The monoisotopic (exact) mass is 471 g/mol. The Kier molecular flexibility index (Phi) is 7.04. The molecule has 10 nitrogen and oxygen atoms in total. The van der Waals surface area contributed by atoms with Crippen molar-refractivity contribution in [3.63, 3.8) is 0 Å². The maximum atomic E-state index is 12.5. The van der Waals surface area contributed by atoms with Gasteiger partial charge in [-0.3, -0.25) is 14.9 Å². The summed E-state index contributed by atoms with van der Waals surface area (Å²) in [6.07, 6.45) is 1.11. The lowest BCUT2D eigenvalue weighted by Crippen LogP contribution is -2.44. The molecule has 3 rings (SSSR count). The zero-order chi connectivity index (χ0) is 24.2. The summed E-state index contributed by atoms with van der Waals surface area (Å²) in [5.41, 5.74) is 1.40. The normalized spacial score (nSPS) is 12.3. The van der Waals surface area contributed by atoms with Crippen molar-refractivity contribution < 1.29 is 28.0 Å². The summed E-state index contributed by atoms with van der Waals surface area (Å²) in [6.45, 7) is 3.24. The molecule has 0 aliphatic rings. The third-order valence-corrected chi connectivity index (χ3v) is 6.18. The molecule has 3 aromatic rings. The summed E-state index contributed by atoms with van der Waals surface area (Å²) >= 11 is 0. The molecule has 0 spiro atoms. The van der Waals surface area contributed by atoms with E-state index in [-0.39, 0.29) is 16.5 Å². The molecule has 0 saturated carbocycles. The van der Waals surface area contributed by atoms with E-state index in [4.69, 9.17) is 4.74 Å². The number of aromatic nitrogens is 1. The summed E-state index contributed by atoms with van der Waals surface area (Å²) in [5, 5.41) is 19.9. The molecular weight excluding hydrogens is 450 g/mol. The highest BCUT2D eigenvalue weighted by atomic mass is 32.2. The fourth-order valence-electron chi connectivity index (χ4n) is 2.91. The number of hydrogen-bond donors (Lipinski definition) is 2. The van der Waals surface area contributed by atoms with Gasteiger partial charge < -0.3 is 9.84 Å². The number of carboxylic acid groups (broad SMARTS) is 1. The van der Waals surface area contributed by atoms with Crippen molar-refractivity contribution in [1.29, 1.82) is 0 Å². The molecule has 0 amide bonds. The van der Waals surface area contributed by atoms with Crippen LogP contribution >= 0.6 is 0 Å². The van der Waals surface area contributed by atoms with E-state index in [2.05, 4.69) is 9.71 Å². The highest BCUT2D eigenvalue weighted by Gasteiger charge is 2.27. The van der Waals surface area contributed by atoms with Crippen LogP contribution in [0.15, 0.2) is 71.8 Å². The molecule has 0 bridgehead atoms. The zero-order valence-electron chi connectivity index (χ0n) is 17.7. The van der Waals surface area contributed by atoms with Crippen LogP contribution in [0, 0.1) is 16.0 Å². The second-order valence-electron chi connectivity index (χ2n) is 7.44. The molecule has 0 radical (unpaired) electrons. The van der Waals surface area contributed by atoms with Gasteiger partial charge in [0.1, 0.15) is 18.0 Å². The van der Waals surface area contributed by atoms with Gasteiger partial charge >= 0.3 is 5.97 Å². The van der Waals surface area contributed by atoms with Crippen LogP contribution < -0.4 is 9.46 Å². The number of hydrogen-bond acceptors (Lipinski definition) is 7. The zero-order valence-corrected chi connectivity index (χ0v) is 18.5. The Morgan fingerprint density at radius 2 is 1.61 bits per heavy atom. The van der Waals surface area contributed by atoms with Gasteiger partial charge in [0.05, 0.1) is 9.82 Å². The van der Waals surface area contributed by atoms with Gasteiger partial charge in [0.25, 0.3) is 5.69 Å². The number of nitro groups is 1. The van der Waals surface area contributed by atoms with Crippen molar-refractivity contribution in [3.8, 4) is 22.8 Å². The lowest BCUT2D eigenvalue weighted by atomic mass is 10.1. The number of pyridine rings is 1. The molecule has 1 heterocycles. The largest absolute Gasteiger partial charge is 0.480 e. The van der Waals surface area contributed by atoms with Crippen molar-refractivity contribution >= 4 is 21.7 Å². The third kappa shape index (κ3) is 5.90. The van der Waals surface area contributed by atoms with E-state index in [9.17, 15) is 28.4 Å². The van der Waals surface area contributed by atoms with E-state index in [0.717, 1.165) is 17.3 Å². The van der Waals surface area contributed by atoms with Crippen LogP contribution in [-0.2, 0) is 14.8 Å². The molecule has 0 saturated heterocycles. The minimum absolute atomic E-state index is 0.0395. The SMILES string of the molecule is CC(C)[C@@H](NS(=O)(=O)c1ccc(-c2ccc(Oc3ccc([N+](=O)[O-])cn3)cc2)cc1)C(=O)O. The fraction of sp³-hybridized carbons (Fsp3) is 0.182. The number of carboxylic acids is 1. The quantitative estimate of drug-likeness (QED) is 0.353. The molecule has 2 aromatic carbocycles. The molecule has 172 valence electrons. The van der Waals surface area contributed by atoms with Gasteiger partial charge in [0, 0.05) is 12.1 Å². The predicted molar refractivity (Wildman–Crippen MR) is 119 cm³/mol. The van der Waals surface area contributed by atoms with Gasteiger partial charge in [-0.1, -0.05) is 38.1 Å². The van der Waals surface area contributed by atoms with Crippen molar-refractivity contribution in [1.82, 2.24) is 9.71 Å². The van der Waals surface area contributed by atoms with E-state index in [1.165, 1.54) is 24.3 Å². The topological polar surface area (TPSA) is 149 Å². The van der Waals surface area contributed by atoms with Crippen LogP contribution in [-0.4, -0.2) is 35.4 Å². The van der Waals surface area contributed by atoms with Crippen LogP contribution in [0.2, 0.25) is 0 Å². The summed E-state index contributed by atoms with van der Waals surface area (Å²) in [7, 11) is -4.00. The van der Waals surface area contributed by atoms with E-state index in [0.29, 0.717) is 5.75 Å². The first-order valence-electron chi connectivity index (χ1n) is 9.81. The van der Waals surface area contributed by atoms with Gasteiger partial charge in [0.15, 0.2) is 0 Å². The van der Waals surface area contributed by atoms with Crippen molar-refractivity contribution in [3.05, 3.63) is 77.0 Å². The minimum Gasteiger partial charge on any atom is -0.480 e. The summed E-state index contributed by atoms with van der Waals surface area (Å²) in [6, 6.07) is 14.4. The van der Waals surface area contributed by atoms with Gasteiger partial charge in [-0.25, -0.2) is 13.4 Å². The lowest BCUT2D eigenvalue weighted by molar-refractivity contribution is -0.385. The number of rotatable bonds is 9. The average molecular weight is 471 g/mol. The second kappa shape index (κ2) is 9.76. The second-order valence-corrected chi connectivity index (χ2v) is 9.16. The number of nitrogens with zero attached hydrogens (tertiary/aromatic N) is 2. The summed E-state index contributed by atoms with van der Waals surface area (Å²) < 4.78 is 32.9. The van der Waals surface area contributed by atoms with Crippen LogP contribution in [0.1, 0.15) is 13.8 Å². The maximum Gasteiger partial charge on any atom is 0.322 e. The smallest absolute Gasteiger partial charge is 0.322 e. The summed E-state index contributed by atoms with van der Waals surface area (Å²) in [5.74, 6) is -0.983. The number of aliphatic carboxylic acids is 1. The number of benzene rings is 2. The van der Waals surface area contributed by atoms with Gasteiger partial charge in [-0.15, -0.1) is 0 Å². The third-order valence-electron chi connectivity index (χ3n) is 4.72. The number of sulfonamides is 1. The van der Waals surface area contributed by atoms with Gasteiger partial charge in [0.2, 0.25) is 15.9 Å². The van der Waals surface area contributed by atoms with Crippen LogP contribution in [0.25, 0.3) is 11.1 Å². The molecule has 1 aromatic heterocycles. The van der Waals surface area contributed by atoms with Crippen molar-refractivity contribution in [2.24, 2.45) is 5.92 Å². The van der Waals surface area contributed by atoms with Crippen molar-refractivity contribution in [2.45, 2.75) is 24.8 Å². The predicted octanol–water partition coefficient (Wildman–Crippen LogP) is 3.84. The minimum atomic E-state index is -4.00. The van der Waals surface area contributed by atoms with Crippen LogP contribution in [0.3, 0.4) is 0 Å². The molecule has 0 aliphatic carbocycles. The molecule has 33 heavy (non-hydrogen) atoms. The molecule has 11 heteroatoms. The Balaban J connectivity index is 1.71. The Morgan fingerprint density at radius 1 is 1.03 bits per heavy atom. The molecule has 1 atom stereocenters. The fourth-order valence-corrected chi connectivity index (χ4v) is 4.25. The number of nitrogens with one attached hydrogen (secondary N) is 1. The Bertz CT molecular complexity index is 1240. The van der Waals surface area contributed by atoms with Gasteiger partial charge in [-0.2, -0.15) is 4.72 Å². The molecule has 0 unspecified atom stereocenters. The van der Waals surface area contributed by atoms with Crippen LogP contribution in [0.4, 0.5) is 5.69 Å². The molecule has 0 fully saturated rings. The maximum absolute atomic E-state index is 12.5. The van der Waals surface area contributed by atoms with E-state index >= 15 is 0 Å². The highest BCUT2D eigenvalue weighted by Crippen LogP contribution is 2.26. The Morgan fingerprint density at radius 3 is 2.06 bits per heavy atom. The molecular formula is C22H21N3O7S. The Labute approximate surface area is 190 Å². The van der Waals surface area contributed by atoms with E-state index in [1.54, 1.807) is 50.2 Å². The first kappa shape index (κ1) is 23.8. The van der Waals surface area contributed by atoms with Crippen LogP contribution in [0.5, 0.6) is 11.6 Å². The first-order chi connectivity index (χ1) is 15.6. The van der Waals surface area contributed by atoms with E-state index < -0.39 is 32.9 Å². The Hall–Kier alpha value is -3.83. The summed E-state index contributed by atoms with van der Waals surface area (Å²) in [4.78, 5) is 25.3. The standard InChI is InChI=1S/C22H21N3O7S/c1-14(2)21(22(26)27)24-33(30,31)19-10-5-16(6-11-19)15-3-8-18(9-4-15)32-20-12-7-17(13-23-20)25(28)29/h3-14,21,24H,1-2H3,(H,26,27)/t21-/m1/s1. The van der Waals surface area contributed by atoms with E-state index in [1.807, 2.05) is 0 Å². The van der Waals surface area contributed by atoms with Crippen molar-refractivity contribution in [2.75, 3.05) is 0 Å². The number of ether oxygens (including phenoxy) is 1. The molecule has 2 N–H and O–H groups in total. The first-order valence-corrected chi connectivity index (χ1v) is 11.3. The highest BCUT2D eigenvalue weighted by molar-refractivity contribution is 7.89. The van der Waals surface area contributed by atoms with Gasteiger partial charge in [-0.05, 0) is 41.3 Å². The molecule has 0 aliphatic heterocycles. The lowest BCUT2D eigenvalue weighted by Gasteiger charge is -2.18. The number of carbonyl (C=O) groups is 1.